The second-order valence-electron chi connectivity index (χ2n) is 7.81. The van der Waals surface area contributed by atoms with Gasteiger partial charge in [-0.05, 0) is 23.6 Å². The molecule has 1 atom stereocenters. The van der Waals surface area contributed by atoms with E-state index in [9.17, 15) is 14.4 Å². The summed E-state index contributed by atoms with van der Waals surface area (Å²) in [4.78, 5) is 37.6. The summed E-state index contributed by atoms with van der Waals surface area (Å²) >= 11 is 6.20. The molecule has 2 amide bonds. The number of carbonyl (C=O) groups excluding carboxylic acids is 2. The van der Waals surface area contributed by atoms with Crippen molar-refractivity contribution in [3.63, 3.8) is 0 Å². The summed E-state index contributed by atoms with van der Waals surface area (Å²) in [6.07, 6.45) is 0.133. The molecule has 1 unspecified atom stereocenters. The fourth-order valence-electron chi connectivity index (χ4n) is 2.90. The van der Waals surface area contributed by atoms with Crippen LogP contribution in [0.1, 0.15) is 44.0 Å². The maximum Gasteiger partial charge on any atom is 0.305 e. The van der Waals surface area contributed by atoms with Gasteiger partial charge < -0.3 is 20.1 Å². The first-order valence-electron chi connectivity index (χ1n) is 8.77. The Morgan fingerprint density at radius 3 is 2.67 bits per heavy atom. The quantitative estimate of drug-likeness (QED) is 0.797. The average molecular weight is 397 g/mol. The Kier molecular flexibility index (Phi) is 6.84. The molecule has 8 heteroatoms. The number of hydrogen-bond acceptors (Lipinski definition) is 4. The van der Waals surface area contributed by atoms with E-state index in [-0.39, 0.29) is 47.4 Å². The fourth-order valence-corrected chi connectivity index (χ4v) is 3.10. The number of hydrogen-bond donors (Lipinski definition) is 2. The van der Waals surface area contributed by atoms with Crippen LogP contribution in [0.5, 0.6) is 0 Å². The van der Waals surface area contributed by atoms with Crippen LogP contribution >= 0.6 is 11.6 Å². The Labute approximate surface area is 163 Å². The summed E-state index contributed by atoms with van der Waals surface area (Å²) in [7, 11) is 0. The van der Waals surface area contributed by atoms with Crippen LogP contribution in [0, 0.1) is 5.41 Å². The zero-order chi connectivity index (χ0) is 20.2. The first kappa shape index (κ1) is 21.2. The number of carbonyl (C=O) groups is 3. The summed E-state index contributed by atoms with van der Waals surface area (Å²) < 4.78 is 5.31. The molecule has 1 aliphatic heterocycles. The van der Waals surface area contributed by atoms with Crippen LogP contribution < -0.4 is 5.32 Å². The number of carboxylic acids is 1. The maximum absolute atomic E-state index is 13.0. The number of ether oxygens (including phenoxy) is 1. The summed E-state index contributed by atoms with van der Waals surface area (Å²) in [6, 6.07) is 4.15. The van der Waals surface area contributed by atoms with Crippen molar-refractivity contribution in [1.82, 2.24) is 4.90 Å². The summed E-state index contributed by atoms with van der Waals surface area (Å²) in [5.41, 5.74) is 0.537. The van der Waals surface area contributed by atoms with Gasteiger partial charge in [0.05, 0.1) is 36.3 Å². The molecular weight excluding hydrogens is 372 g/mol. The van der Waals surface area contributed by atoms with Crippen molar-refractivity contribution < 1.29 is 24.2 Å². The lowest BCUT2D eigenvalue weighted by atomic mass is 9.92. The lowest BCUT2D eigenvalue weighted by Gasteiger charge is -2.35. The van der Waals surface area contributed by atoms with Gasteiger partial charge in [-0.2, -0.15) is 0 Å². The molecule has 0 radical (unpaired) electrons. The largest absolute Gasteiger partial charge is 0.481 e. The summed E-state index contributed by atoms with van der Waals surface area (Å²) in [6.45, 7) is 6.67. The fraction of sp³-hybridized carbons (Fsp3) is 0.526. The van der Waals surface area contributed by atoms with E-state index in [2.05, 4.69) is 5.32 Å². The number of benzene rings is 1. The van der Waals surface area contributed by atoms with Gasteiger partial charge in [-0.25, -0.2) is 0 Å². The van der Waals surface area contributed by atoms with Gasteiger partial charge in [0, 0.05) is 18.7 Å². The average Bonchev–Trinajstić information content (AvgIpc) is 2.54. The van der Waals surface area contributed by atoms with E-state index in [4.69, 9.17) is 21.4 Å². The molecule has 0 aromatic heterocycles. The standard InChI is InChI=1S/C19H25ClN2O5/c1-19(2,3)10-16(23)21-12-4-5-15(20)14(8-12)18(26)22-6-7-27-11-13(22)9-17(24)25/h4-5,8,13H,6-7,9-11H2,1-3H3,(H,21,23)(H,24,25). The molecule has 1 aromatic rings. The zero-order valence-electron chi connectivity index (χ0n) is 15.8. The van der Waals surface area contributed by atoms with Crippen LogP contribution in [0.15, 0.2) is 18.2 Å². The van der Waals surface area contributed by atoms with Crippen LogP contribution in [0.2, 0.25) is 5.02 Å². The third-order valence-corrected chi connectivity index (χ3v) is 4.40. The van der Waals surface area contributed by atoms with Gasteiger partial charge in [0.2, 0.25) is 5.91 Å². The molecule has 1 aromatic carbocycles. The SMILES string of the molecule is CC(C)(C)CC(=O)Nc1ccc(Cl)c(C(=O)N2CCOCC2CC(=O)O)c1. The molecule has 0 saturated carbocycles. The molecule has 2 rings (SSSR count). The number of rotatable bonds is 5. The highest BCUT2D eigenvalue weighted by Crippen LogP contribution is 2.25. The molecule has 1 fully saturated rings. The molecular formula is C19H25ClN2O5. The van der Waals surface area contributed by atoms with Crippen molar-refractivity contribution in [2.75, 3.05) is 25.1 Å². The Hall–Kier alpha value is -2.12. The van der Waals surface area contributed by atoms with Gasteiger partial charge >= 0.3 is 5.97 Å². The van der Waals surface area contributed by atoms with Crippen molar-refractivity contribution in [2.24, 2.45) is 5.41 Å². The predicted octanol–water partition coefficient (Wildman–Crippen LogP) is 3.03. The Bertz CT molecular complexity index is 729. The van der Waals surface area contributed by atoms with Crippen molar-refractivity contribution in [1.29, 1.82) is 0 Å². The normalized spacial score (nSPS) is 17.5. The van der Waals surface area contributed by atoms with Gasteiger partial charge in [-0.3, -0.25) is 14.4 Å². The first-order valence-corrected chi connectivity index (χ1v) is 9.14. The number of aliphatic carboxylic acids is 1. The van der Waals surface area contributed by atoms with Crippen molar-refractivity contribution >= 4 is 35.1 Å². The lowest BCUT2D eigenvalue weighted by molar-refractivity contribution is -0.139. The molecule has 1 aliphatic rings. The minimum Gasteiger partial charge on any atom is -0.481 e. The van der Waals surface area contributed by atoms with E-state index in [0.717, 1.165) is 0 Å². The summed E-state index contributed by atoms with van der Waals surface area (Å²) in [5.74, 6) is -1.53. The molecule has 0 aliphatic carbocycles. The van der Waals surface area contributed by atoms with Crippen LogP contribution in [-0.2, 0) is 14.3 Å². The number of carboxylic acid groups (broad SMARTS) is 1. The minimum atomic E-state index is -1.00. The molecule has 1 heterocycles. The Balaban J connectivity index is 2.20. The van der Waals surface area contributed by atoms with E-state index < -0.39 is 12.0 Å². The van der Waals surface area contributed by atoms with Crippen molar-refractivity contribution in [3.05, 3.63) is 28.8 Å². The predicted molar refractivity (Wildman–Crippen MR) is 102 cm³/mol. The van der Waals surface area contributed by atoms with Crippen molar-refractivity contribution in [3.8, 4) is 0 Å². The van der Waals surface area contributed by atoms with E-state index in [1.807, 2.05) is 20.8 Å². The van der Waals surface area contributed by atoms with Gasteiger partial charge in [0.25, 0.3) is 5.91 Å². The van der Waals surface area contributed by atoms with Crippen LogP contribution in [0.25, 0.3) is 0 Å². The van der Waals surface area contributed by atoms with E-state index >= 15 is 0 Å². The molecule has 0 bridgehead atoms. The highest BCUT2D eigenvalue weighted by molar-refractivity contribution is 6.34. The Morgan fingerprint density at radius 1 is 1.33 bits per heavy atom. The van der Waals surface area contributed by atoms with Crippen LogP contribution in [-0.4, -0.2) is 53.6 Å². The monoisotopic (exact) mass is 396 g/mol. The number of amides is 2. The van der Waals surface area contributed by atoms with Gasteiger partial charge in [-0.1, -0.05) is 32.4 Å². The molecule has 27 heavy (non-hydrogen) atoms. The third kappa shape index (κ3) is 6.22. The maximum atomic E-state index is 13.0. The lowest BCUT2D eigenvalue weighted by Crippen LogP contribution is -2.49. The first-order chi connectivity index (χ1) is 12.6. The van der Waals surface area contributed by atoms with Crippen LogP contribution in [0.3, 0.4) is 0 Å². The molecule has 7 nitrogen and oxygen atoms in total. The molecule has 2 N–H and O–H groups in total. The number of nitrogens with zero attached hydrogens (tertiary/aromatic N) is 1. The summed E-state index contributed by atoms with van der Waals surface area (Å²) in [5, 5.41) is 12.1. The molecule has 0 spiro atoms. The smallest absolute Gasteiger partial charge is 0.305 e. The van der Waals surface area contributed by atoms with E-state index in [0.29, 0.717) is 18.7 Å². The number of morpholine rings is 1. The zero-order valence-corrected chi connectivity index (χ0v) is 16.5. The highest BCUT2D eigenvalue weighted by atomic mass is 35.5. The van der Waals surface area contributed by atoms with E-state index in [1.165, 1.54) is 11.0 Å². The van der Waals surface area contributed by atoms with Crippen molar-refractivity contribution in [2.45, 2.75) is 39.7 Å². The van der Waals surface area contributed by atoms with Gasteiger partial charge in [0.1, 0.15) is 0 Å². The Morgan fingerprint density at radius 2 is 2.04 bits per heavy atom. The van der Waals surface area contributed by atoms with Gasteiger partial charge in [0.15, 0.2) is 0 Å². The second-order valence-corrected chi connectivity index (χ2v) is 8.21. The van der Waals surface area contributed by atoms with E-state index in [1.54, 1.807) is 12.1 Å². The van der Waals surface area contributed by atoms with Gasteiger partial charge in [-0.15, -0.1) is 0 Å². The second kappa shape index (κ2) is 8.71. The minimum absolute atomic E-state index is 0.154. The van der Waals surface area contributed by atoms with Crippen LogP contribution in [0.4, 0.5) is 5.69 Å². The highest BCUT2D eigenvalue weighted by Gasteiger charge is 2.31. The number of nitrogens with one attached hydrogen (secondary N) is 1. The number of anilines is 1. The number of halogens is 1. The third-order valence-electron chi connectivity index (χ3n) is 4.07. The molecule has 1 saturated heterocycles. The topological polar surface area (TPSA) is 95.9 Å². The molecule has 148 valence electrons.